The van der Waals surface area contributed by atoms with Gasteiger partial charge >= 0.3 is 11.8 Å². The van der Waals surface area contributed by atoms with Gasteiger partial charge in [-0.25, -0.2) is 4.39 Å². The van der Waals surface area contributed by atoms with Crippen molar-refractivity contribution < 1.29 is 14.0 Å². The van der Waals surface area contributed by atoms with Crippen LogP contribution in [0.4, 0.5) is 4.39 Å². The first-order chi connectivity index (χ1) is 9.58. The number of halogens is 1. The summed E-state index contributed by atoms with van der Waals surface area (Å²) < 4.78 is 13.4. The number of carbonyl (C=O) groups is 2. The number of nitrogens with one attached hydrogen (secondary N) is 1. The van der Waals surface area contributed by atoms with E-state index in [1.165, 1.54) is 6.07 Å². The molecule has 0 saturated carbocycles. The first kappa shape index (κ1) is 14.5. The highest BCUT2D eigenvalue weighted by Gasteiger charge is 2.25. The van der Waals surface area contributed by atoms with E-state index in [0.29, 0.717) is 24.6 Å². The Bertz CT molecular complexity index is 496. The standard InChI is InChI=1S/C15H19FN2O2/c1-11-6-8-18(9-7-11)15(20)14(19)17-10-12-4-2-3-5-13(12)16/h2-5,11H,6-10H2,1H3,(H,17,19). The maximum absolute atomic E-state index is 13.4. The molecule has 1 aliphatic rings. The number of piperidine rings is 1. The molecule has 1 N–H and O–H groups in total. The van der Waals surface area contributed by atoms with E-state index >= 15 is 0 Å². The molecule has 0 radical (unpaired) electrons. The second-order valence-electron chi connectivity index (χ2n) is 5.25. The molecule has 1 saturated heterocycles. The van der Waals surface area contributed by atoms with Crippen molar-refractivity contribution in [3.63, 3.8) is 0 Å². The van der Waals surface area contributed by atoms with Crippen LogP contribution in [-0.4, -0.2) is 29.8 Å². The molecule has 0 spiro atoms. The van der Waals surface area contributed by atoms with Crippen LogP contribution in [-0.2, 0) is 16.1 Å². The summed E-state index contributed by atoms with van der Waals surface area (Å²) in [7, 11) is 0. The van der Waals surface area contributed by atoms with Crippen molar-refractivity contribution in [2.24, 2.45) is 5.92 Å². The minimum absolute atomic E-state index is 0.0293. The van der Waals surface area contributed by atoms with Crippen LogP contribution in [0.2, 0.25) is 0 Å². The third-order valence-electron chi connectivity index (χ3n) is 3.66. The Balaban J connectivity index is 1.86. The summed E-state index contributed by atoms with van der Waals surface area (Å²) >= 11 is 0. The summed E-state index contributed by atoms with van der Waals surface area (Å²) in [6, 6.07) is 6.19. The quantitative estimate of drug-likeness (QED) is 0.837. The minimum Gasteiger partial charge on any atom is -0.344 e. The van der Waals surface area contributed by atoms with E-state index in [9.17, 15) is 14.0 Å². The van der Waals surface area contributed by atoms with E-state index < -0.39 is 11.8 Å². The SMILES string of the molecule is CC1CCN(C(=O)C(=O)NCc2ccccc2F)CC1. The van der Waals surface area contributed by atoms with Gasteiger partial charge in [-0.3, -0.25) is 9.59 Å². The topological polar surface area (TPSA) is 49.4 Å². The minimum atomic E-state index is -0.664. The smallest absolute Gasteiger partial charge is 0.311 e. The number of amides is 2. The van der Waals surface area contributed by atoms with Crippen LogP contribution in [0.15, 0.2) is 24.3 Å². The number of rotatable bonds is 2. The van der Waals surface area contributed by atoms with Crippen LogP contribution in [0.1, 0.15) is 25.3 Å². The zero-order valence-electron chi connectivity index (χ0n) is 11.6. The lowest BCUT2D eigenvalue weighted by Gasteiger charge is -2.29. The second-order valence-corrected chi connectivity index (χ2v) is 5.25. The van der Waals surface area contributed by atoms with Gasteiger partial charge in [0, 0.05) is 25.2 Å². The maximum Gasteiger partial charge on any atom is 0.311 e. The molecule has 4 nitrogen and oxygen atoms in total. The number of likely N-dealkylation sites (tertiary alicyclic amines) is 1. The highest BCUT2D eigenvalue weighted by Crippen LogP contribution is 2.15. The van der Waals surface area contributed by atoms with E-state index in [0.717, 1.165) is 12.8 Å². The van der Waals surface area contributed by atoms with Crippen LogP contribution in [0.5, 0.6) is 0 Å². The van der Waals surface area contributed by atoms with Gasteiger partial charge in [0.1, 0.15) is 5.82 Å². The molecule has 2 rings (SSSR count). The zero-order chi connectivity index (χ0) is 14.5. The van der Waals surface area contributed by atoms with Gasteiger partial charge in [0.15, 0.2) is 0 Å². The molecule has 1 heterocycles. The van der Waals surface area contributed by atoms with Crippen molar-refractivity contribution in [1.82, 2.24) is 10.2 Å². The van der Waals surface area contributed by atoms with Gasteiger partial charge in [-0.15, -0.1) is 0 Å². The molecule has 2 amide bonds. The first-order valence-electron chi connectivity index (χ1n) is 6.88. The molecule has 108 valence electrons. The molecule has 1 fully saturated rings. The highest BCUT2D eigenvalue weighted by molar-refractivity contribution is 6.34. The molecule has 0 atom stereocenters. The molecule has 0 aromatic heterocycles. The molecular weight excluding hydrogens is 259 g/mol. The lowest BCUT2D eigenvalue weighted by atomic mass is 9.99. The summed E-state index contributed by atoms with van der Waals surface area (Å²) in [5, 5.41) is 2.48. The average Bonchev–Trinajstić information content (AvgIpc) is 2.46. The van der Waals surface area contributed by atoms with Gasteiger partial charge in [0.25, 0.3) is 0 Å². The van der Waals surface area contributed by atoms with Gasteiger partial charge in [-0.2, -0.15) is 0 Å². The largest absolute Gasteiger partial charge is 0.344 e. The number of benzene rings is 1. The van der Waals surface area contributed by atoms with Crippen LogP contribution in [0, 0.1) is 11.7 Å². The van der Waals surface area contributed by atoms with Gasteiger partial charge in [-0.05, 0) is 24.8 Å². The molecular formula is C15H19FN2O2. The fourth-order valence-corrected chi connectivity index (χ4v) is 2.25. The van der Waals surface area contributed by atoms with Crippen molar-refractivity contribution in [3.8, 4) is 0 Å². The lowest BCUT2D eigenvalue weighted by Crippen LogP contribution is -2.46. The molecule has 1 aliphatic heterocycles. The first-order valence-corrected chi connectivity index (χ1v) is 6.88. The molecule has 0 aliphatic carbocycles. The summed E-state index contributed by atoms with van der Waals surface area (Å²) in [6.45, 7) is 3.40. The Morgan fingerprint density at radius 3 is 2.60 bits per heavy atom. The van der Waals surface area contributed by atoms with Gasteiger partial charge in [0.05, 0.1) is 0 Å². The van der Waals surface area contributed by atoms with Crippen LogP contribution < -0.4 is 5.32 Å². The Kier molecular flexibility index (Phi) is 4.71. The maximum atomic E-state index is 13.4. The normalized spacial score (nSPS) is 16.0. The number of hydrogen-bond acceptors (Lipinski definition) is 2. The lowest BCUT2D eigenvalue weighted by molar-refractivity contribution is -0.146. The van der Waals surface area contributed by atoms with Crippen molar-refractivity contribution in [3.05, 3.63) is 35.6 Å². The summed E-state index contributed by atoms with van der Waals surface area (Å²) in [5.74, 6) is -0.969. The van der Waals surface area contributed by atoms with Gasteiger partial charge < -0.3 is 10.2 Å². The predicted octanol–water partition coefficient (Wildman–Crippen LogP) is 1.70. The molecule has 20 heavy (non-hydrogen) atoms. The Labute approximate surface area is 118 Å². The van der Waals surface area contributed by atoms with Crippen molar-refractivity contribution >= 4 is 11.8 Å². The number of hydrogen-bond donors (Lipinski definition) is 1. The molecule has 0 unspecified atom stereocenters. The van der Waals surface area contributed by atoms with E-state index in [2.05, 4.69) is 12.2 Å². The number of carbonyl (C=O) groups excluding carboxylic acids is 2. The third-order valence-corrected chi connectivity index (χ3v) is 3.66. The summed E-state index contributed by atoms with van der Waals surface area (Å²) in [5.41, 5.74) is 0.376. The summed E-state index contributed by atoms with van der Waals surface area (Å²) in [6.07, 6.45) is 1.85. The molecule has 5 heteroatoms. The van der Waals surface area contributed by atoms with Crippen LogP contribution in [0.25, 0.3) is 0 Å². The third kappa shape index (κ3) is 3.56. The molecule has 0 bridgehead atoms. The van der Waals surface area contributed by atoms with Crippen LogP contribution >= 0.6 is 0 Å². The predicted molar refractivity (Wildman–Crippen MR) is 73.2 cm³/mol. The second kappa shape index (κ2) is 6.50. The Hall–Kier alpha value is -1.91. The molecule has 1 aromatic rings. The Morgan fingerprint density at radius 1 is 1.30 bits per heavy atom. The average molecular weight is 278 g/mol. The van der Waals surface area contributed by atoms with Crippen molar-refractivity contribution in [2.75, 3.05) is 13.1 Å². The highest BCUT2D eigenvalue weighted by atomic mass is 19.1. The molecule has 1 aromatic carbocycles. The van der Waals surface area contributed by atoms with E-state index in [-0.39, 0.29) is 12.4 Å². The van der Waals surface area contributed by atoms with E-state index in [1.54, 1.807) is 23.1 Å². The van der Waals surface area contributed by atoms with Crippen LogP contribution in [0.3, 0.4) is 0 Å². The monoisotopic (exact) mass is 278 g/mol. The fraction of sp³-hybridized carbons (Fsp3) is 0.467. The van der Waals surface area contributed by atoms with Gasteiger partial charge in [0.2, 0.25) is 0 Å². The van der Waals surface area contributed by atoms with Crippen molar-refractivity contribution in [1.29, 1.82) is 0 Å². The zero-order valence-corrected chi connectivity index (χ0v) is 11.6. The van der Waals surface area contributed by atoms with Gasteiger partial charge in [-0.1, -0.05) is 25.1 Å². The van der Waals surface area contributed by atoms with Crippen molar-refractivity contribution in [2.45, 2.75) is 26.3 Å². The van der Waals surface area contributed by atoms with E-state index in [1.807, 2.05) is 0 Å². The van der Waals surface area contributed by atoms with E-state index in [4.69, 9.17) is 0 Å². The summed E-state index contributed by atoms with van der Waals surface area (Å²) in [4.78, 5) is 25.3. The fourth-order valence-electron chi connectivity index (χ4n) is 2.25. The number of nitrogens with zero attached hydrogens (tertiary/aromatic N) is 1. The Morgan fingerprint density at radius 2 is 1.95 bits per heavy atom.